The standard InChI is InChI=1S/C35H56N2O6P2/c1-31(2,3)25-13-23(17-36)14-26(32(4,5)6)29(25)42-44-38-19-35(20-39-44)21-40-45(41-22-35)43-30-27(33(7,8)9)15-24(18-37)16-28(30)34(10,11)12/h13-16H,17-22,36-37H2,1-12H3. The third-order valence-electron chi connectivity index (χ3n) is 8.24. The van der Waals surface area contributed by atoms with Crippen LogP contribution in [0.25, 0.3) is 0 Å². The SMILES string of the molecule is CC(C)(C)c1cc(CN)cc(C(C)(C)C)c1OP1OCC2(CO1)COP(Oc1c(C(C)(C)C)cc(CN)cc1C(C)(C)C)OC2. The van der Waals surface area contributed by atoms with Crippen LogP contribution >= 0.6 is 17.2 Å². The van der Waals surface area contributed by atoms with Crippen LogP contribution in [0.2, 0.25) is 0 Å². The maximum Gasteiger partial charge on any atom is 0.397 e. The van der Waals surface area contributed by atoms with Gasteiger partial charge in [0.1, 0.15) is 11.5 Å². The van der Waals surface area contributed by atoms with Crippen LogP contribution in [-0.4, -0.2) is 26.4 Å². The van der Waals surface area contributed by atoms with Crippen LogP contribution in [0.15, 0.2) is 24.3 Å². The van der Waals surface area contributed by atoms with Crippen LogP contribution in [0.3, 0.4) is 0 Å². The molecule has 4 rings (SSSR count). The fourth-order valence-corrected chi connectivity index (χ4v) is 7.94. The average Bonchev–Trinajstić information content (AvgIpc) is 2.93. The van der Waals surface area contributed by atoms with E-state index < -0.39 is 22.6 Å². The summed E-state index contributed by atoms with van der Waals surface area (Å²) in [6, 6.07) is 8.60. The predicted octanol–water partition coefficient (Wildman–Crippen LogP) is 8.79. The van der Waals surface area contributed by atoms with Crippen molar-refractivity contribution in [3.8, 4) is 11.5 Å². The van der Waals surface area contributed by atoms with E-state index in [0.29, 0.717) is 39.5 Å². The number of hydrogen-bond acceptors (Lipinski definition) is 8. The van der Waals surface area contributed by atoms with E-state index in [1.165, 1.54) is 0 Å². The van der Waals surface area contributed by atoms with Crippen molar-refractivity contribution in [3.63, 3.8) is 0 Å². The van der Waals surface area contributed by atoms with Crippen molar-refractivity contribution in [1.82, 2.24) is 0 Å². The van der Waals surface area contributed by atoms with E-state index in [2.05, 4.69) is 107 Å². The molecule has 10 heteroatoms. The number of benzene rings is 2. The molecule has 2 aliphatic rings. The average molecular weight is 663 g/mol. The summed E-state index contributed by atoms with van der Waals surface area (Å²) in [7, 11) is -3.22. The van der Waals surface area contributed by atoms with Crippen LogP contribution in [0.1, 0.15) is 116 Å². The minimum absolute atomic E-state index is 0.153. The van der Waals surface area contributed by atoms with Gasteiger partial charge in [0.05, 0.1) is 31.8 Å². The summed E-state index contributed by atoms with van der Waals surface area (Å²) in [5.41, 5.74) is 17.7. The molecule has 8 nitrogen and oxygen atoms in total. The third kappa shape index (κ3) is 8.58. The molecule has 0 radical (unpaired) electrons. The molecule has 0 atom stereocenters. The summed E-state index contributed by atoms with van der Waals surface area (Å²) in [6.45, 7) is 28.8. The fraction of sp³-hybridized carbons (Fsp3) is 0.657. The van der Waals surface area contributed by atoms with Crippen LogP contribution in [0.4, 0.5) is 0 Å². The molecule has 0 aliphatic carbocycles. The van der Waals surface area contributed by atoms with Gasteiger partial charge in [-0.1, -0.05) is 107 Å². The summed E-state index contributed by atoms with van der Waals surface area (Å²) in [5, 5.41) is 0. The molecule has 2 aromatic rings. The Morgan fingerprint density at radius 1 is 0.533 bits per heavy atom. The minimum atomic E-state index is -1.61. The Morgan fingerprint density at radius 3 is 0.978 bits per heavy atom. The van der Waals surface area contributed by atoms with Gasteiger partial charge in [-0.05, 0) is 32.8 Å². The molecule has 2 fully saturated rings. The lowest BCUT2D eigenvalue weighted by Crippen LogP contribution is -2.45. The molecule has 0 unspecified atom stereocenters. The minimum Gasteiger partial charge on any atom is -0.426 e. The van der Waals surface area contributed by atoms with Gasteiger partial charge in [0.15, 0.2) is 0 Å². The third-order valence-corrected chi connectivity index (χ3v) is 10.3. The molecule has 2 saturated heterocycles. The number of rotatable bonds is 6. The highest BCUT2D eigenvalue weighted by atomic mass is 31.2. The predicted molar refractivity (Wildman–Crippen MR) is 185 cm³/mol. The van der Waals surface area contributed by atoms with Crippen molar-refractivity contribution in [1.29, 1.82) is 0 Å². The first-order valence-electron chi connectivity index (χ1n) is 15.9. The zero-order valence-corrected chi connectivity index (χ0v) is 31.3. The van der Waals surface area contributed by atoms with E-state index >= 15 is 0 Å². The fourth-order valence-electron chi connectivity index (χ4n) is 5.38. The van der Waals surface area contributed by atoms with Crippen molar-refractivity contribution in [2.24, 2.45) is 16.9 Å². The van der Waals surface area contributed by atoms with Crippen molar-refractivity contribution < 1.29 is 27.1 Å². The Hall–Kier alpha value is -1.34. The maximum absolute atomic E-state index is 6.58. The molecular formula is C35H56N2O6P2. The van der Waals surface area contributed by atoms with Crippen LogP contribution in [0, 0.1) is 5.41 Å². The van der Waals surface area contributed by atoms with Crippen molar-refractivity contribution in [3.05, 3.63) is 57.6 Å². The molecule has 0 bridgehead atoms. The van der Waals surface area contributed by atoms with E-state index in [9.17, 15) is 0 Å². The summed E-state index contributed by atoms with van der Waals surface area (Å²) in [5.74, 6) is 1.65. The molecular weight excluding hydrogens is 606 g/mol. The van der Waals surface area contributed by atoms with E-state index in [1.54, 1.807) is 0 Å². The summed E-state index contributed by atoms with van der Waals surface area (Å²) in [4.78, 5) is 0. The van der Waals surface area contributed by atoms with Gasteiger partial charge in [0.2, 0.25) is 0 Å². The van der Waals surface area contributed by atoms with Gasteiger partial charge in [-0.2, -0.15) is 0 Å². The van der Waals surface area contributed by atoms with Crippen LogP contribution in [0.5, 0.6) is 11.5 Å². The van der Waals surface area contributed by atoms with Gasteiger partial charge in [-0.3, -0.25) is 0 Å². The van der Waals surface area contributed by atoms with Crippen LogP contribution in [-0.2, 0) is 52.8 Å². The first-order valence-corrected chi connectivity index (χ1v) is 18.1. The van der Waals surface area contributed by atoms with Gasteiger partial charge in [-0.25, -0.2) is 0 Å². The lowest BCUT2D eigenvalue weighted by molar-refractivity contribution is -0.0674. The second kappa shape index (κ2) is 13.3. The quantitative estimate of drug-likeness (QED) is 0.296. The highest BCUT2D eigenvalue weighted by Crippen LogP contribution is 2.56. The topological polar surface area (TPSA) is 107 Å². The van der Waals surface area contributed by atoms with Gasteiger partial charge < -0.3 is 38.6 Å². The molecule has 252 valence electrons. The van der Waals surface area contributed by atoms with Crippen LogP contribution < -0.4 is 20.5 Å². The zero-order valence-electron chi connectivity index (χ0n) is 29.6. The molecule has 4 N–H and O–H groups in total. The zero-order chi connectivity index (χ0) is 33.6. The van der Waals surface area contributed by atoms with Crippen molar-refractivity contribution in [2.45, 2.75) is 118 Å². The van der Waals surface area contributed by atoms with Gasteiger partial charge in [0.25, 0.3) is 0 Å². The summed E-state index contributed by atoms with van der Waals surface area (Å²) >= 11 is 0. The molecule has 2 aromatic carbocycles. The van der Waals surface area contributed by atoms with E-state index in [1.807, 2.05) is 0 Å². The van der Waals surface area contributed by atoms with E-state index in [0.717, 1.165) is 44.9 Å². The summed E-state index contributed by atoms with van der Waals surface area (Å²) in [6.07, 6.45) is 0. The number of nitrogens with two attached hydrogens (primary N) is 2. The number of hydrogen-bond donors (Lipinski definition) is 2. The molecule has 0 aromatic heterocycles. The Kier molecular flexibility index (Phi) is 10.8. The lowest BCUT2D eigenvalue weighted by atomic mass is 9.78. The van der Waals surface area contributed by atoms with Gasteiger partial charge >= 0.3 is 17.2 Å². The summed E-state index contributed by atoms with van der Waals surface area (Å²) < 4.78 is 38.2. The molecule has 0 amide bonds. The van der Waals surface area contributed by atoms with Crippen molar-refractivity contribution in [2.75, 3.05) is 26.4 Å². The normalized spacial score (nSPS) is 23.3. The smallest absolute Gasteiger partial charge is 0.397 e. The highest BCUT2D eigenvalue weighted by Gasteiger charge is 2.46. The monoisotopic (exact) mass is 662 g/mol. The Balaban J connectivity index is 1.48. The maximum atomic E-state index is 6.58. The first-order chi connectivity index (χ1) is 20.7. The second-order valence-electron chi connectivity index (χ2n) is 16.7. The Bertz CT molecular complexity index is 1160. The molecule has 1 spiro atoms. The lowest BCUT2D eigenvalue weighted by Gasteiger charge is -2.42. The Morgan fingerprint density at radius 2 is 0.778 bits per heavy atom. The van der Waals surface area contributed by atoms with E-state index in [4.69, 9.17) is 38.6 Å². The van der Waals surface area contributed by atoms with E-state index in [-0.39, 0.29) is 21.7 Å². The highest BCUT2D eigenvalue weighted by molar-refractivity contribution is 7.42. The van der Waals surface area contributed by atoms with Gasteiger partial charge in [0, 0.05) is 35.3 Å². The molecule has 2 heterocycles. The Labute approximate surface area is 274 Å². The molecule has 2 aliphatic heterocycles. The first kappa shape index (κ1) is 36.5. The van der Waals surface area contributed by atoms with Crippen molar-refractivity contribution >= 4 is 17.2 Å². The molecule has 45 heavy (non-hydrogen) atoms. The second-order valence-corrected chi connectivity index (χ2v) is 19.0. The van der Waals surface area contributed by atoms with Gasteiger partial charge in [-0.15, -0.1) is 0 Å². The molecule has 0 saturated carbocycles. The largest absolute Gasteiger partial charge is 0.426 e.